The van der Waals surface area contributed by atoms with Crippen LogP contribution in [-0.2, 0) is 37.5 Å². The molecule has 117 valence electrons. The maximum atomic E-state index is 12.6. The number of amides is 1. The Kier molecular flexibility index (Phi) is 5.49. The Balaban J connectivity index is 0.00000176. The molecule has 4 heteroatoms. The van der Waals surface area contributed by atoms with Gasteiger partial charge in [0.15, 0.2) is 0 Å². The van der Waals surface area contributed by atoms with Crippen LogP contribution in [0.4, 0.5) is 5.82 Å². The van der Waals surface area contributed by atoms with E-state index in [1.54, 1.807) is 0 Å². The smallest absolute Gasteiger partial charge is 0.217 e. The molecule has 0 aromatic carbocycles. The predicted molar refractivity (Wildman–Crippen MR) is 84.2 cm³/mol. The Morgan fingerprint density at radius 1 is 1.36 bits per heavy atom. The zero-order valence-corrected chi connectivity index (χ0v) is 16.9. The molecule has 0 N–H and O–H groups in total. The minimum Gasteiger partial charge on any atom is -0.367 e. The number of carbonyl (C=O) groups excluding carboxylic acids is 1. The molecule has 0 bridgehead atoms. The summed E-state index contributed by atoms with van der Waals surface area (Å²) in [6, 6.07) is 5.53. The van der Waals surface area contributed by atoms with E-state index in [1.165, 1.54) is 12.8 Å². The molecule has 2 atom stereocenters. The van der Waals surface area contributed by atoms with Gasteiger partial charge in [-0.15, -0.1) is 11.6 Å². The van der Waals surface area contributed by atoms with Crippen LogP contribution < -0.4 is 4.90 Å². The van der Waals surface area contributed by atoms with Crippen LogP contribution in [0.1, 0.15) is 64.9 Å². The number of nitrogens with zero attached hydrogens (tertiary/aromatic N) is 2. The maximum absolute atomic E-state index is 12.6. The number of anilines is 1. The first-order valence-electron chi connectivity index (χ1n) is 8.10. The van der Waals surface area contributed by atoms with Crippen molar-refractivity contribution in [3.63, 3.8) is 0 Å². The minimum atomic E-state index is 0. The summed E-state index contributed by atoms with van der Waals surface area (Å²) in [7, 11) is 0. The van der Waals surface area contributed by atoms with Crippen molar-refractivity contribution in [2.45, 2.75) is 65.3 Å². The summed E-state index contributed by atoms with van der Waals surface area (Å²) < 4.78 is 0. The predicted octanol–water partition coefficient (Wildman–Crippen LogP) is 3.93. The van der Waals surface area contributed by atoms with E-state index in [2.05, 4.69) is 38.7 Å². The van der Waals surface area contributed by atoms with Gasteiger partial charge in [0, 0.05) is 51.0 Å². The van der Waals surface area contributed by atoms with Crippen LogP contribution in [0.25, 0.3) is 0 Å². The Labute approximate surface area is 159 Å². The number of fused-ring (bicyclic) bond motifs is 1. The molecule has 3 nitrogen and oxygen atoms in total. The summed E-state index contributed by atoms with van der Waals surface area (Å²) >= 11 is 0. The van der Waals surface area contributed by atoms with Crippen molar-refractivity contribution < 1.29 is 37.5 Å². The number of piperidine rings is 1. The topological polar surface area (TPSA) is 33.2 Å². The molecule has 1 saturated heterocycles. The molecule has 2 aliphatic rings. The summed E-state index contributed by atoms with van der Waals surface area (Å²) in [5.41, 5.74) is 1.22. The minimum absolute atomic E-state index is 0. The molecular formula is C18H25N2OY-. The fourth-order valence-electron chi connectivity index (χ4n) is 4.06. The van der Waals surface area contributed by atoms with Gasteiger partial charge in [-0.1, -0.05) is 40.3 Å². The molecule has 1 saturated carbocycles. The van der Waals surface area contributed by atoms with Crippen molar-refractivity contribution in [3.05, 3.63) is 23.9 Å². The molecule has 1 amide bonds. The zero-order valence-electron chi connectivity index (χ0n) is 14.1. The van der Waals surface area contributed by atoms with E-state index in [0.717, 1.165) is 17.8 Å². The Morgan fingerprint density at radius 2 is 2.09 bits per heavy atom. The van der Waals surface area contributed by atoms with Gasteiger partial charge in [-0.25, -0.2) is 0 Å². The first-order valence-corrected chi connectivity index (χ1v) is 8.10. The van der Waals surface area contributed by atoms with Crippen molar-refractivity contribution in [2.24, 2.45) is 11.3 Å². The monoisotopic (exact) mass is 374 g/mol. The Bertz CT molecular complexity index is 539. The van der Waals surface area contributed by atoms with Crippen molar-refractivity contribution >= 4 is 11.7 Å². The fraction of sp³-hybridized carbons (Fsp3) is 0.667. The van der Waals surface area contributed by atoms with Gasteiger partial charge in [0.25, 0.3) is 0 Å². The van der Waals surface area contributed by atoms with Crippen LogP contribution >= 0.6 is 0 Å². The van der Waals surface area contributed by atoms with Crippen LogP contribution in [-0.4, -0.2) is 16.9 Å². The average Bonchev–Trinajstić information content (AvgIpc) is 2.88. The number of carbonyl (C=O) groups is 1. The molecule has 1 aliphatic heterocycles. The first-order chi connectivity index (χ1) is 9.90. The van der Waals surface area contributed by atoms with Crippen molar-refractivity contribution in [2.75, 3.05) is 4.90 Å². The number of hydrogen-bond donors (Lipinski definition) is 0. The molecule has 22 heavy (non-hydrogen) atoms. The van der Waals surface area contributed by atoms with E-state index < -0.39 is 0 Å². The average molecular weight is 374 g/mol. The molecule has 3 rings (SSSR count). The van der Waals surface area contributed by atoms with E-state index in [9.17, 15) is 4.79 Å². The molecule has 2 heterocycles. The van der Waals surface area contributed by atoms with Crippen molar-refractivity contribution in [1.29, 1.82) is 0 Å². The summed E-state index contributed by atoms with van der Waals surface area (Å²) in [6.07, 6.45) is 6.05. The molecule has 2 unspecified atom stereocenters. The first kappa shape index (κ1) is 18.1. The van der Waals surface area contributed by atoms with Crippen LogP contribution in [0, 0.1) is 17.4 Å². The molecule has 2 fully saturated rings. The number of aromatic nitrogens is 1. The van der Waals surface area contributed by atoms with Crippen molar-refractivity contribution in [3.8, 4) is 0 Å². The van der Waals surface area contributed by atoms with Gasteiger partial charge in [0.05, 0.1) is 0 Å². The summed E-state index contributed by atoms with van der Waals surface area (Å²) in [5.74, 6) is 2.03. The van der Waals surface area contributed by atoms with Gasteiger partial charge in [0.1, 0.15) is 0 Å². The summed E-state index contributed by atoms with van der Waals surface area (Å²) in [4.78, 5) is 19.2. The molecule has 1 radical (unpaired) electrons. The zero-order chi connectivity index (χ0) is 15.2. The number of rotatable bonds is 2. The van der Waals surface area contributed by atoms with Gasteiger partial charge in [-0.2, -0.15) is 6.07 Å². The maximum Gasteiger partial charge on any atom is 0.217 e. The van der Waals surface area contributed by atoms with Crippen LogP contribution in [0.2, 0.25) is 0 Å². The second-order valence-electron chi connectivity index (χ2n) is 7.55. The van der Waals surface area contributed by atoms with Gasteiger partial charge < -0.3 is 9.88 Å². The van der Waals surface area contributed by atoms with Gasteiger partial charge in [-0.05, 0) is 30.1 Å². The third-order valence-electron chi connectivity index (χ3n) is 5.26. The fourth-order valence-corrected chi connectivity index (χ4v) is 4.06. The van der Waals surface area contributed by atoms with Gasteiger partial charge in [0.2, 0.25) is 5.91 Å². The largest absolute Gasteiger partial charge is 0.367 e. The van der Waals surface area contributed by atoms with Crippen LogP contribution in [0.5, 0.6) is 0 Å². The van der Waals surface area contributed by atoms with Crippen LogP contribution in [0.15, 0.2) is 12.3 Å². The quantitative estimate of drug-likeness (QED) is 0.735. The SMILES string of the molecule is CC(C)c1[c-]cc(N2C(=O)CC(C)(C)C3CCCC32)nc1.[Y]. The third kappa shape index (κ3) is 3.17. The van der Waals surface area contributed by atoms with E-state index in [4.69, 9.17) is 0 Å². The third-order valence-corrected chi connectivity index (χ3v) is 5.26. The van der Waals surface area contributed by atoms with Crippen LogP contribution in [0.3, 0.4) is 0 Å². The molecule has 1 aromatic heterocycles. The second-order valence-corrected chi connectivity index (χ2v) is 7.55. The Morgan fingerprint density at radius 3 is 2.68 bits per heavy atom. The second kappa shape index (κ2) is 6.69. The summed E-state index contributed by atoms with van der Waals surface area (Å²) in [6.45, 7) is 8.75. The number of hydrogen-bond acceptors (Lipinski definition) is 2. The molecular weight excluding hydrogens is 349 g/mol. The van der Waals surface area contributed by atoms with Gasteiger partial charge in [-0.3, -0.25) is 4.79 Å². The van der Waals surface area contributed by atoms with E-state index in [1.807, 2.05) is 17.2 Å². The van der Waals surface area contributed by atoms with E-state index in [-0.39, 0.29) is 44.0 Å². The van der Waals surface area contributed by atoms with Crippen molar-refractivity contribution in [1.82, 2.24) is 4.98 Å². The van der Waals surface area contributed by atoms with E-state index in [0.29, 0.717) is 24.3 Å². The Hall–Kier alpha value is -0.276. The number of pyridine rings is 1. The molecule has 1 aliphatic carbocycles. The molecule has 1 aromatic rings. The van der Waals surface area contributed by atoms with Gasteiger partial charge >= 0.3 is 0 Å². The standard InChI is InChI=1S/C18H25N2O.Y/c1-12(2)13-8-9-16(19-11-13)20-15-7-5-6-14(15)18(3,4)10-17(20)21;/h9,11-12,14-15H,5-7,10H2,1-4H3;/q-1;. The molecule has 0 spiro atoms. The normalized spacial score (nSPS) is 26.8. The van der Waals surface area contributed by atoms with E-state index >= 15 is 0 Å². The summed E-state index contributed by atoms with van der Waals surface area (Å²) in [5, 5.41) is 0.